The Bertz CT molecular complexity index is 501. The third kappa shape index (κ3) is 7.88. The number of benzene rings is 1. The van der Waals surface area contributed by atoms with E-state index in [0.717, 1.165) is 0 Å². The van der Waals surface area contributed by atoms with Crippen LogP contribution in [0.4, 0.5) is 0 Å². The Morgan fingerprint density at radius 1 is 1.41 bits per heavy atom. The van der Waals surface area contributed by atoms with Crippen molar-refractivity contribution in [1.29, 1.82) is 0 Å². The van der Waals surface area contributed by atoms with Crippen LogP contribution in [0.1, 0.15) is 38.7 Å². The summed E-state index contributed by atoms with van der Waals surface area (Å²) >= 11 is 0. The number of unbranched alkanes of at least 4 members (excludes halogenated alkanes) is 1. The summed E-state index contributed by atoms with van der Waals surface area (Å²) in [6.45, 7) is 7.49. The van der Waals surface area contributed by atoms with Gasteiger partial charge in [0.2, 0.25) is 0 Å². The smallest absolute Gasteiger partial charge is 0.311 e. The summed E-state index contributed by atoms with van der Waals surface area (Å²) in [4.78, 5) is 25.5. The van der Waals surface area contributed by atoms with E-state index in [4.69, 9.17) is 4.74 Å². The van der Waals surface area contributed by atoms with Gasteiger partial charge in [0, 0.05) is 12.0 Å². The first kappa shape index (κ1) is 19.4. The highest BCUT2D eigenvalue weighted by atomic mass is 16.9. The highest BCUT2D eigenvalue weighted by molar-refractivity contribution is 5.73. The van der Waals surface area contributed by atoms with Gasteiger partial charge in [-0.1, -0.05) is 26.5 Å². The molecule has 0 fully saturated rings. The summed E-state index contributed by atoms with van der Waals surface area (Å²) in [7, 11) is 0. The first-order chi connectivity index (χ1) is 10.5. The maximum Gasteiger partial charge on any atom is 0.311 e. The molecule has 7 nitrogen and oxygen atoms in total. The van der Waals surface area contributed by atoms with Crippen molar-refractivity contribution in [2.75, 3.05) is 6.61 Å². The Labute approximate surface area is 129 Å². The van der Waals surface area contributed by atoms with Crippen LogP contribution in [0, 0.1) is 10.1 Å². The van der Waals surface area contributed by atoms with Crippen LogP contribution in [0.2, 0.25) is 0 Å². The van der Waals surface area contributed by atoms with E-state index in [1.54, 1.807) is 0 Å². The zero-order chi connectivity index (χ0) is 17.0. The summed E-state index contributed by atoms with van der Waals surface area (Å²) in [5.41, 5.74) is 0.467. The van der Waals surface area contributed by atoms with Gasteiger partial charge in [-0.25, -0.2) is 0 Å². The van der Waals surface area contributed by atoms with Crippen molar-refractivity contribution in [3.05, 3.63) is 40.5 Å². The molecule has 22 heavy (non-hydrogen) atoms. The molecular weight excluding hydrogens is 290 g/mol. The molecule has 0 bridgehead atoms. The third-order valence-electron chi connectivity index (χ3n) is 2.42. The van der Waals surface area contributed by atoms with Crippen molar-refractivity contribution in [1.82, 2.24) is 0 Å². The van der Waals surface area contributed by atoms with E-state index in [9.17, 15) is 20.0 Å². The number of aromatic hydroxyl groups is 1. The largest absolute Gasteiger partial charge is 0.507 e. The highest BCUT2D eigenvalue weighted by Gasteiger charge is 2.07. The van der Waals surface area contributed by atoms with E-state index < -0.39 is 11.1 Å². The number of nitrogens with zero attached hydrogens (tertiary/aromatic N) is 1. The molecule has 7 heteroatoms. The fourth-order valence-corrected chi connectivity index (χ4v) is 1.45. The maximum atomic E-state index is 11.5. The van der Waals surface area contributed by atoms with Gasteiger partial charge in [-0.3, -0.25) is 4.79 Å². The third-order valence-corrected chi connectivity index (χ3v) is 2.42. The van der Waals surface area contributed by atoms with Crippen LogP contribution in [0.25, 0.3) is 6.08 Å². The van der Waals surface area contributed by atoms with E-state index >= 15 is 0 Å². The van der Waals surface area contributed by atoms with Gasteiger partial charge in [0.1, 0.15) is 11.5 Å². The van der Waals surface area contributed by atoms with Crippen LogP contribution >= 0.6 is 0 Å². The Kier molecular flexibility index (Phi) is 9.83. The second kappa shape index (κ2) is 11.1. The number of phenols is 1. The first-order valence-electron chi connectivity index (χ1n) is 6.96. The fourth-order valence-electron chi connectivity index (χ4n) is 1.45. The van der Waals surface area contributed by atoms with Crippen LogP contribution in [-0.2, 0) is 9.63 Å². The monoisotopic (exact) mass is 311 g/mol. The SMILES string of the molecule is C=Cc1cc(OC(=O)CCCCO[N+](=O)[O-])ccc1O.CC. The van der Waals surface area contributed by atoms with Gasteiger partial charge < -0.3 is 14.7 Å². The van der Waals surface area contributed by atoms with E-state index in [1.807, 2.05) is 13.8 Å². The fraction of sp³-hybridized carbons (Fsp3) is 0.400. The number of rotatable bonds is 8. The molecule has 0 amide bonds. The summed E-state index contributed by atoms with van der Waals surface area (Å²) in [5, 5.41) is 18.5. The summed E-state index contributed by atoms with van der Waals surface area (Å²) in [6, 6.07) is 4.37. The standard InChI is InChI=1S/C13H15NO6.C2H6/c1-2-10-9-11(6-7-12(10)15)20-13(16)5-3-4-8-19-14(17)18;1-2/h2,6-7,9,15H,1,3-5,8H2;1-2H3. The predicted molar refractivity (Wildman–Crippen MR) is 82.0 cm³/mol. The van der Waals surface area contributed by atoms with Crippen molar-refractivity contribution in [2.45, 2.75) is 33.1 Å². The number of ether oxygens (including phenoxy) is 1. The summed E-state index contributed by atoms with van der Waals surface area (Å²) in [5.74, 6) is -0.0900. The molecule has 0 saturated carbocycles. The number of esters is 1. The van der Waals surface area contributed by atoms with Crippen molar-refractivity contribution in [2.24, 2.45) is 0 Å². The van der Waals surface area contributed by atoms with Crippen LogP contribution in [-0.4, -0.2) is 22.8 Å². The minimum absolute atomic E-state index is 0.0416. The van der Waals surface area contributed by atoms with Gasteiger partial charge in [0.15, 0.2) is 0 Å². The first-order valence-corrected chi connectivity index (χ1v) is 6.96. The lowest BCUT2D eigenvalue weighted by molar-refractivity contribution is -0.757. The molecule has 0 radical (unpaired) electrons. The molecule has 0 aliphatic carbocycles. The molecule has 1 aromatic carbocycles. The van der Waals surface area contributed by atoms with Gasteiger partial charge in [-0.15, -0.1) is 10.1 Å². The summed E-state index contributed by atoms with van der Waals surface area (Å²) < 4.78 is 5.07. The quantitative estimate of drug-likeness (QED) is 0.260. The van der Waals surface area contributed by atoms with E-state index in [2.05, 4.69) is 11.4 Å². The molecule has 0 atom stereocenters. The lowest BCUT2D eigenvalue weighted by atomic mass is 10.2. The Morgan fingerprint density at radius 3 is 2.68 bits per heavy atom. The number of hydrogen-bond donors (Lipinski definition) is 1. The lowest BCUT2D eigenvalue weighted by Gasteiger charge is -2.06. The van der Waals surface area contributed by atoms with Crippen LogP contribution in [0.3, 0.4) is 0 Å². The number of carbonyl (C=O) groups excluding carboxylic acids is 1. The van der Waals surface area contributed by atoms with E-state index in [-0.39, 0.29) is 18.8 Å². The molecule has 0 aliphatic heterocycles. The average molecular weight is 311 g/mol. The zero-order valence-electron chi connectivity index (χ0n) is 12.8. The number of phenolic OH excluding ortho intramolecular Hbond substituents is 1. The second-order valence-electron chi connectivity index (χ2n) is 3.91. The molecule has 0 aliphatic rings. The Morgan fingerprint density at radius 2 is 2.09 bits per heavy atom. The topological polar surface area (TPSA) is 98.9 Å². The van der Waals surface area contributed by atoms with Gasteiger partial charge in [-0.05, 0) is 31.0 Å². The molecule has 0 spiro atoms. The molecule has 1 aromatic rings. The maximum absolute atomic E-state index is 11.5. The van der Waals surface area contributed by atoms with Crippen LogP contribution in [0.15, 0.2) is 24.8 Å². The molecular formula is C15H21NO6. The van der Waals surface area contributed by atoms with Gasteiger partial charge >= 0.3 is 5.97 Å². The Balaban J connectivity index is 0.00000211. The van der Waals surface area contributed by atoms with E-state index in [0.29, 0.717) is 24.2 Å². The predicted octanol–water partition coefficient (Wildman–Crippen LogP) is 3.35. The molecule has 0 heterocycles. The van der Waals surface area contributed by atoms with Crippen molar-refractivity contribution in [3.63, 3.8) is 0 Å². The minimum atomic E-state index is -0.869. The molecule has 122 valence electrons. The number of carbonyl (C=O) groups is 1. The van der Waals surface area contributed by atoms with Crippen molar-refractivity contribution >= 4 is 12.0 Å². The normalized spacial score (nSPS) is 9.18. The van der Waals surface area contributed by atoms with Gasteiger partial charge in [-0.2, -0.15) is 0 Å². The van der Waals surface area contributed by atoms with Crippen molar-refractivity contribution < 1.29 is 24.6 Å². The molecule has 0 saturated heterocycles. The zero-order valence-corrected chi connectivity index (χ0v) is 12.8. The Hall–Kier alpha value is -2.57. The highest BCUT2D eigenvalue weighted by Crippen LogP contribution is 2.24. The average Bonchev–Trinajstić information content (AvgIpc) is 2.50. The van der Waals surface area contributed by atoms with Crippen LogP contribution in [0.5, 0.6) is 11.5 Å². The second-order valence-corrected chi connectivity index (χ2v) is 3.91. The van der Waals surface area contributed by atoms with Crippen LogP contribution < -0.4 is 4.74 Å². The lowest BCUT2D eigenvalue weighted by Crippen LogP contribution is -2.09. The molecule has 0 unspecified atom stereocenters. The van der Waals surface area contributed by atoms with Gasteiger partial charge in [0.05, 0.1) is 6.61 Å². The molecule has 1 N–H and O–H groups in total. The number of hydrogen-bond acceptors (Lipinski definition) is 6. The molecule has 1 rings (SSSR count). The minimum Gasteiger partial charge on any atom is -0.507 e. The summed E-state index contributed by atoms with van der Waals surface area (Å²) in [6.07, 6.45) is 2.40. The van der Waals surface area contributed by atoms with Gasteiger partial charge in [0.25, 0.3) is 5.09 Å². The molecule has 0 aromatic heterocycles. The van der Waals surface area contributed by atoms with Crippen molar-refractivity contribution in [3.8, 4) is 11.5 Å². The van der Waals surface area contributed by atoms with E-state index in [1.165, 1.54) is 24.3 Å².